The number of hydrogen-bond donors (Lipinski definition) is 3. The highest BCUT2D eigenvalue weighted by Gasteiger charge is 2.96. The summed E-state index contributed by atoms with van der Waals surface area (Å²) < 4.78 is 32.0. The van der Waals surface area contributed by atoms with Crippen LogP contribution in [0.4, 0.5) is 0 Å². The van der Waals surface area contributed by atoms with Crippen LogP contribution < -0.4 is 0 Å². The van der Waals surface area contributed by atoms with Gasteiger partial charge in [0, 0.05) is 29.2 Å². The van der Waals surface area contributed by atoms with Crippen LogP contribution in [0.25, 0.3) is 0 Å². The van der Waals surface area contributed by atoms with E-state index >= 15 is 0 Å². The van der Waals surface area contributed by atoms with Crippen LogP contribution in [0.5, 0.6) is 0 Å². The Kier molecular flexibility index (Phi) is 10.3. The van der Waals surface area contributed by atoms with Crippen LogP contribution in [0.3, 0.4) is 0 Å². The van der Waals surface area contributed by atoms with Crippen molar-refractivity contribution in [3.8, 4) is 0 Å². The number of ether oxygens (including phenoxy) is 5. The SMILES string of the molecule is C=C1/C(=C\C=C2/CCC[C@@]3(C)C2CCC3[C@@H](C)/C=C/C(OC(=O)CCC(=O)O[C@@H]2[C@H](C(C)C)C3C(O)[C@H]3[C@@H]3O[C@]34[C@]23O[C@H]3C[C@H]2C3=C(CC[C@@]24C)C(=O)OC3)C2CC2)C[C@@H](O)C[C@@H]1O. The van der Waals surface area contributed by atoms with E-state index in [1.54, 1.807) is 0 Å². The highest BCUT2D eigenvalue weighted by molar-refractivity contribution is 5.92. The quantitative estimate of drug-likeness (QED) is 0.0834. The predicted octanol–water partition coefficient (Wildman–Crippen LogP) is 7.17. The van der Waals surface area contributed by atoms with Gasteiger partial charge >= 0.3 is 17.9 Å². The highest BCUT2D eigenvalue weighted by Crippen LogP contribution is 2.82. The second-order valence-corrected chi connectivity index (χ2v) is 23.0. The smallest absolute Gasteiger partial charge is 0.334 e. The number of hydrogen-bond acceptors (Lipinski definition) is 11. The molecule has 0 aromatic carbocycles. The minimum absolute atomic E-state index is 0.0473. The first-order valence-electron chi connectivity index (χ1n) is 25.0. The first kappa shape index (κ1) is 43.5. The average Bonchev–Trinajstić information content (AvgIpc) is 4.13. The molecule has 18 atom stereocenters. The third-order valence-corrected chi connectivity index (χ3v) is 19.5. The van der Waals surface area contributed by atoms with Crippen LogP contribution in [0.2, 0.25) is 0 Å². The summed E-state index contributed by atoms with van der Waals surface area (Å²) in [6.07, 6.45) is 16.0. The zero-order valence-corrected chi connectivity index (χ0v) is 38.5. The van der Waals surface area contributed by atoms with Gasteiger partial charge in [0.25, 0.3) is 0 Å². The Morgan fingerprint density at radius 3 is 2.47 bits per heavy atom. The van der Waals surface area contributed by atoms with Gasteiger partial charge in [-0.15, -0.1) is 0 Å². The van der Waals surface area contributed by atoms with Gasteiger partial charge < -0.3 is 39.0 Å². The van der Waals surface area contributed by atoms with Gasteiger partial charge in [-0.3, -0.25) is 9.59 Å². The number of rotatable bonds is 11. The van der Waals surface area contributed by atoms with E-state index in [9.17, 15) is 29.7 Å². The van der Waals surface area contributed by atoms with Crippen molar-refractivity contribution in [1.82, 2.24) is 0 Å². The Morgan fingerprint density at radius 1 is 0.922 bits per heavy atom. The largest absolute Gasteiger partial charge is 0.459 e. The number of aliphatic hydroxyl groups excluding tert-OH is 3. The number of allylic oxidation sites excluding steroid dienone is 4. The molecule has 3 aliphatic heterocycles. The molecular formula is C53H70O11. The second kappa shape index (κ2) is 15.2. The molecule has 8 aliphatic carbocycles. The van der Waals surface area contributed by atoms with Gasteiger partial charge in [0.1, 0.15) is 24.4 Å². The molecule has 11 rings (SSSR count). The molecule has 11 heteroatoms. The molecule has 2 saturated heterocycles. The predicted molar refractivity (Wildman–Crippen MR) is 235 cm³/mol. The maximum atomic E-state index is 14.0. The molecule has 5 unspecified atom stereocenters. The molecule has 11 aliphatic rings. The van der Waals surface area contributed by atoms with E-state index in [4.69, 9.17) is 23.7 Å². The summed E-state index contributed by atoms with van der Waals surface area (Å²) in [5.74, 6) is 0.374. The number of fused-ring (bicyclic) bond motifs is 5. The topological polar surface area (TPSA) is 165 Å². The van der Waals surface area contributed by atoms with Crippen molar-refractivity contribution in [3.63, 3.8) is 0 Å². The molecule has 0 amide bonds. The molecule has 0 aromatic heterocycles. The number of esters is 3. The van der Waals surface area contributed by atoms with Crippen LogP contribution >= 0.6 is 0 Å². The Hall–Kier alpha value is -3.09. The fourth-order valence-electron chi connectivity index (χ4n) is 16.0. The standard InChI is InChI=1S/C53H70O11/c1-26(2)43-44-45(46(44)58)48-53(64-48)51(6)21-19-33-34(25-60-49(33)59)37(51)24-40-52(53,63-40)47(43)62-42(57)18-17-41(56)61-39(30-11-12-30)16-9-27(3)35-14-15-36-29(8-7-20-50(35,36)5)10-13-31-22-32(54)23-38(55)28(31)4/h9-10,13,16,26-27,30,32,35-40,43-48,54-55,58H,4,7-8,11-12,14-15,17-25H2,1-3,5-6H3/b16-9+,29-10+,31-13-/t27-,32+,35?,36?,37-,38-,39?,40-,43+,44?,45-,46?,47+,48-,50+,51-,52+,53+/m0/s1. The van der Waals surface area contributed by atoms with E-state index in [1.807, 2.05) is 0 Å². The number of aliphatic hydroxyl groups is 3. The van der Waals surface area contributed by atoms with Gasteiger partial charge in [-0.05, 0) is 140 Å². The molecule has 9 fully saturated rings. The lowest BCUT2D eigenvalue weighted by Crippen LogP contribution is -2.64. The fourth-order valence-corrected chi connectivity index (χ4v) is 16.0. The summed E-state index contributed by atoms with van der Waals surface area (Å²) >= 11 is 0. The van der Waals surface area contributed by atoms with Crippen LogP contribution in [0.1, 0.15) is 125 Å². The molecular weight excluding hydrogens is 813 g/mol. The molecule has 0 radical (unpaired) electrons. The molecule has 0 aromatic rings. The summed E-state index contributed by atoms with van der Waals surface area (Å²) in [5, 5.41) is 32.1. The second-order valence-electron chi connectivity index (χ2n) is 23.0. The third kappa shape index (κ3) is 6.38. The molecule has 0 bridgehead atoms. The number of carbonyl (C=O) groups excluding carboxylic acids is 3. The van der Waals surface area contributed by atoms with Crippen molar-refractivity contribution >= 4 is 17.9 Å². The number of epoxide rings is 2. The van der Waals surface area contributed by atoms with Crippen molar-refractivity contribution in [2.75, 3.05) is 6.61 Å². The van der Waals surface area contributed by atoms with E-state index in [1.165, 1.54) is 12.0 Å². The van der Waals surface area contributed by atoms with Crippen molar-refractivity contribution < 1.29 is 53.4 Å². The first-order valence-corrected chi connectivity index (χ1v) is 25.0. The summed E-state index contributed by atoms with van der Waals surface area (Å²) in [7, 11) is 0. The lowest BCUT2D eigenvalue weighted by molar-refractivity contribution is -0.169. The van der Waals surface area contributed by atoms with Crippen molar-refractivity contribution in [2.24, 2.45) is 64.1 Å². The normalized spacial score (nSPS) is 48.3. The lowest BCUT2D eigenvalue weighted by Gasteiger charge is -2.52. The summed E-state index contributed by atoms with van der Waals surface area (Å²) in [4.78, 5) is 40.3. The van der Waals surface area contributed by atoms with Crippen LogP contribution in [-0.4, -0.2) is 93.8 Å². The molecule has 348 valence electrons. The zero-order chi connectivity index (χ0) is 44.8. The van der Waals surface area contributed by atoms with Crippen molar-refractivity contribution in [3.05, 3.63) is 58.7 Å². The maximum absolute atomic E-state index is 14.0. The van der Waals surface area contributed by atoms with Crippen molar-refractivity contribution in [2.45, 2.75) is 178 Å². The number of cyclic esters (lactones) is 1. The van der Waals surface area contributed by atoms with Gasteiger partial charge in [0.2, 0.25) is 0 Å². The minimum Gasteiger partial charge on any atom is -0.459 e. The Balaban J connectivity index is 0.746. The van der Waals surface area contributed by atoms with Gasteiger partial charge in [-0.2, -0.15) is 0 Å². The molecule has 2 spiro atoms. The molecule has 64 heavy (non-hydrogen) atoms. The van der Waals surface area contributed by atoms with Gasteiger partial charge in [-0.25, -0.2) is 4.79 Å². The van der Waals surface area contributed by atoms with Gasteiger partial charge in [-0.1, -0.05) is 65.0 Å². The van der Waals surface area contributed by atoms with E-state index < -0.39 is 47.6 Å². The summed E-state index contributed by atoms with van der Waals surface area (Å²) in [5.41, 5.74) is 3.18. The van der Waals surface area contributed by atoms with Crippen LogP contribution in [-0.2, 0) is 38.1 Å². The first-order chi connectivity index (χ1) is 30.5. The fraction of sp³-hybridized carbons (Fsp3) is 0.755. The monoisotopic (exact) mass is 882 g/mol. The maximum Gasteiger partial charge on any atom is 0.334 e. The Bertz CT molecular complexity index is 2130. The van der Waals surface area contributed by atoms with E-state index in [-0.39, 0.29) is 83.5 Å². The highest BCUT2D eigenvalue weighted by atomic mass is 16.7. The molecule has 3 heterocycles. The zero-order valence-electron chi connectivity index (χ0n) is 38.5. The number of carbonyl (C=O) groups is 3. The van der Waals surface area contributed by atoms with Gasteiger partial charge in [0.15, 0.2) is 5.60 Å². The van der Waals surface area contributed by atoms with Crippen LogP contribution in [0.15, 0.2) is 58.7 Å². The molecule has 7 saturated carbocycles. The lowest BCUT2D eigenvalue weighted by atomic mass is 9.49. The third-order valence-electron chi connectivity index (χ3n) is 19.5. The minimum atomic E-state index is -0.843. The van der Waals surface area contributed by atoms with Gasteiger partial charge in [0.05, 0.1) is 43.4 Å². The summed E-state index contributed by atoms with van der Waals surface area (Å²) in [6, 6.07) is 0. The van der Waals surface area contributed by atoms with Crippen molar-refractivity contribution in [1.29, 1.82) is 0 Å². The van der Waals surface area contributed by atoms with E-state index in [2.05, 4.69) is 65.5 Å². The van der Waals surface area contributed by atoms with E-state index in [0.29, 0.717) is 50.0 Å². The Morgan fingerprint density at radius 2 is 1.70 bits per heavy atom. The Labute approximate surface area is 378 Å². The molecule has 3 N–H and O–H groups in total. The van der Waals surface area contributed by atoms with E-state index in [0.717, 1.165) is 67.2 Å². The summed E-state index contributed by atoms with van der Waals surface area (Å²) in [6.45, 7) is 15.7. The van der Waals surface area contributed by atoms with Crippen LogP contribution in [0, 0.1) is 64.1 Å². The average molecular weight is 883 g/mol. The molecule has 11 nitrogen and oxygen atoms in total.